The van der Waals surface area contributed by atoms with Gasteiger partial charge in [-0.2, -0.15) is 5.10 Å². The van der Waals surface area contributed by atoms with Gasteiger partial charge in [0.1, 0.15) is 11.6 Å². The molecule has 3 aromatic rings. The summed E-state index contributed by atoms with van der Waals surface area (Å²) in [6.45, 7) is 0.796. The Morgan fingerprint density at radius 3 is 3.18 bits per heavy atom. The van der Waals surface area contributed by atoms with Crippen molar-refractivity contribution in [1.82, 2.24) is 24.6 Å². The summed E-state index contributed by atoms with van der Waals surface area (Å²) in [6.07, 6.45) is 8.05. The van der Waals surface area contributed by atoms with Crippen LogP contribution in [0.4, 0.5) is 5.82 Å². The number of imidazole rings is 1. The van der Waals surface area contributed by atoms with Gasteiger partial charge in [-0.3, -0.25) is 0 Å². The van der Waals surface area contributed by atoms with Crippen molar-refractivity contribution in [2.75, 3.05) is 11.9 Å². The number of nitrogens with one attached hydrogen (secondary N) is 2. The summed E-state index contributed by atoms with van der Waals surface area (Å²) in [4.78, 5) is 11.6. The average Bonchev–Trinajstić information content (AvgIpc) is 2.98. The normalized spacial score (nSPS) is 10.8. The van der Waals surface area contributed by atoms with E-state index in [1.165, 1.54) is 0 Å². The van der Waals surface area contributed by atoms with Gasteiger partial charge in [0.25, 0.3) is 0 Å². The quantitative estimate of drug-likeness (QED) is 0.701. The summed E-state index contributed by atoms with van der Waals surface area (Å²) in [5.41, 5.74) is 0.841. The zero-order valence-corrected chi connectivity index (χ0v) is 9.17. The van der Waals surface area contributed by atoms with Gasteiger partial charge in [0.05, 0.1) is 6.20 Å². The highest BCUT2D eigenvalue weighted by atomic mass is 15.2. The molecule has 0 fully saturated rings. The molecule has 6 nitrogen and oxygen atoms in total. The molecular weight excluding hydrogens is 216 g/mol. The molecule has 0 aromatic carbocycles. The number of rotatable bonds is 4. The topological polar surface area (TPSA) is 70.9 Å². The lowest BCUT2D eigenvalue weighted by Gasteiger charge is -2.04. The smallest absolute Gasteiger partial charge is 0.157 e. The molecular formula is C11H12N6. The lowest BCUT2D eigenvalue weighted by Crippen LogP contribution is -2.07. The second-order valence-electron chi connectivity index (χ2n) is 3.66. The van der Waals surface area contributed by atoms with Crippen molar-refractivity contribution in [3.8, 4) is 0 Å². The highest BCUT2D eigenvalue weighted by Gasteiger charge is 1.99. The minimum absolute atomic E-state index is 0.796. The third-order valence-corrected chi connectivity index (χ3v) is 2.48. The highest BCUT2D eigenvalue weighted by molar-refractivity contribution is 5.45. The molecule has 0 aliphatic rings. The van der Waals surface area contributed by atoms with Gasteiger partial charge in [0, 0.05) is 37.6 Å². The number of H-pyrrole nitrogens is 1. The maximum atomic E-state index is 4.41. The minimum atomic E-state index is 0.796. The van der Waals surface area contributed by atoms with Crippen molar-refractivity contribution >= 4 is 11.5 Å². The Labute approximate surface area is 97.7 Å². The number of nitrogens with zero attached hydrogens (tertiary/aromatic N) is 4. The molecule has 0 saturated carbocycles. The van der Waals surface area contributed by atoms with E-state index < -0.39 is 0 Å². The van der Waals surface area contributed by atoms with E-state index in [4.69, 9.17) is 0 Å². The fraction of sp³-hybridized carbons (Fsp3) is 0.182. The Hall–Kier alpha value is -2.37. The van der Waals surface area contributed by atoms with Crippen LogP contribution in [0.3, 0.4) is 0 Å². The Balaban J connectivity index is 1.64. The van der Waals surface area contributed by atoms with Crippen LogP contribution in [0.1, 0.15) is 5.82 Å². The van der Waals surface area contributed by atoms with Crippen molar-refractivity contribution < 1.29 is 0 Å². The summed E-state index contributed by atoms with van der Waals surface area (Å²) < 4.78 is 1.73. The number of fused-ring (bicyclic) bond motifs is 1. The number of hydrogen-bond acceptors (Lipinski definition) is 4. The third-order valence-electron chi connectivity index (χ3n) is 2.48. The lowest BCUT2D eigenvalue weighted by molar-refractivity contribution is 0.909. The van der Waals surface area contributed by atoms with Crippen LogP contribution in [0, 0.1) is 0 Å². The fourth-order valence-electron chi connectivity index (χ4n) is 1.65. The van der Waals surface area contributed by atoms with Crippen molar-refractivity contribution in [3.05, 3.63) is 42.7 Å². The second-order valence-corrected chi connectivity index (χ2v) is 3.66. The van der Waals surface area contributed by atoms with Gasteiger partial charge in [-0.15, -0.1) is 0 Å². The number of aromatic nitrogens is 5. The summed E-state index contributed by atoms with van der Waals surface area (Å²) in [6, 6.07) is 3.78. The van der Waals surface area contributed by atoms with Gasteiger partial charge in [0.15, 0.2) is 5.65 Å². The van der Waals surface area contributed by atoms with Crippen LogP contribution in [-0.4, -0.2) is 31.1 Å². The Bertz CT molecular complexity index is 597. The van der Waals surface area contributed by atoms with Crippen LogP contribution in [0.5, 0.6) is 0 Å². The number of aromatic amines is 1. The van der Waals surface area contributed by atoms with E-state index in [-0.39, 0.29) is 0 Å². The molecule has 0 aliphatic heterocycles. The van der Waals surface area contributed by atoms with E-state index in [1.807, 2.05) is 24.5 Å². The highest BCUT2D eigenvalue weighted by Crippen LogP contribution is 2.05. The van der Waals surface area contributed by atoms with Crippen LogP contribution in [0.25, 0.3) is 5.65 Å². The number of hydrogen-bond donors (Lipinski definition) is 2. The molecule has 0 aliphatic carbocycles. The molecule has 2 N–H and O–H groups in total. The average molecular weight is 228 g/mol. The molecule has 0 spiro atoms. The number of anilines is 1. The molecule has 6 heteroatoms. The zero-order valence-electron chi connectivity index (χ0n) is 9.17. The van der Waals surface area contributed by atoms with E-state index in [0.717, 1.165) is 30.3 Å². The first-order valence-corrected chi connectivity index (χ1v) is 5.44. The fourth-order valence-corrected chi connectivity index (χ4v) is 1.65. The summed E-state index contributed by atoms with van der Waals surface area (Å²) in [5.74, 6) is 1.83. The van der Waals surface area contributed by atoms with Gasteiger partial charge < -0.3 is 10.3 Å². The molecule has 3 heterocycles. The first-order valence-electron chi connectivity index (χ1n) is 5.44. The Morgan fingerprint density at radius 2 is 2.29 bits per heavy atom. The molecule has 3 rings (SSSR count). The summed E-state index contributed by atoms with van der Waals surface area (Å²) in [7, 11) is 0. The van der Waals surface area contributed by atoms with Crippen molar-refractivity contribution in [2.45, 2.75) is 6.42 Å². The van der Waals surface area contributed by atoms with Gasteiger partial charge in [0.2, 0.25) is 0 Å². The molecule has 0 saturated heterocycles. The minimum Gasteiger partial charge on any atom is -0.370 e. The molecule has 3 aromatic heterocycles. The second kappa shape index (κ2) is 4.25. The van der Waals surface area contributed by atoms with Crippen LogP contribution in [-0.2, 0) is 6.42 Å². The Morgan fingerprint density at radius 1 is 1.29 bits per heavy atom. The molecule has 17 heavy (non-hydrogen) atoms. The molecule has 86 valence electrons. The lowest BCUT2D eigenvalue weighted by atomic mass is 10.4. The predicted octanol–water partition coefficient (Wildman–Crippen LogP) is 1.11. The summed E-state index contributed by atoms with van der Waals surface area (Å²) >= 11 is 0. The predicted molar refractivity (Wildman–Crippen MR) is 63.8 cm³/mol. The van der Waals surface area contributed by atoms with Gasteiger partial charge in [-0.05, 0) is 6.07 Å². The van der Waals surface area contributed by atoms with Gasteiger partial charge >= 0.3 is 0 Å². The van der Waals surface area contributed by atoms with E-state index in [2.05, 4.69) is 25.4 Å². The van der Waals surface area contributed by atoms with Crippen molar-refractivity contribution in [2.24, 2.45) is 0 Å². The van der Waals surface area contributed by atoms with E-state index in [1.54, 1.807) is 16.9 Å². The van der Waals surface area contributed by atoms with Gasteiger partial charge in [-0.1, -0.05) is 0 Å². The van der Waals surface area contributed by atoms with Crippen LogP contribution >= 0.6 is 0 Å². The molecule has 0 atom stereocenters. The van der Waals surface area contributed by atoms with Crippen LogP contribution in [0.2, 0.25) is 0 Å². The maximum Gasteiger partial charge on any atom is 0.157 e. The standard InChI is InChI=1S/C11H12N6/c1(9-13-6-7-14-9)4-12-10-3-8-17-11(16-10)2-5-15-17/h2-3,5-8H,1,4H2,(H,12,16)(H,13,14). The molecule has 0 bridgehead atoms. The maximum absolute atomic E-state index is 4.41. The molecule has 0 unspecified atom stereocenters. The zero-order chi connectivity index (χ0) is 11.5. The summed E-state index contributed by atoms with van der Waals surface area (Å²) in [5, 5.41) is 7.34. The van der Waals surface area contributed by atoms with Crippen LogP contribution < -0.4 is 5.32 Å². The van der Waals surface area contributed by atoms with E-state index in [0.29, 0.717) is 0 Å². The van der Waals surface area contributed by atoms with E-state index >= 15 is 0 Å². The van der Waals surface area contributed by atoms with Crippen molar-refractivity contribution in [3.63, 3.8) is 0 Å². The van der Waals surface area contributed by atoms with Crippen molar-refractivity contribution in [1.29, 1.82) is 0 Å². The largest absolute Gasteiger partial charge is 0.370 e. The first-order chi connectivity index (χ1) is 8.42. The SMILES string of the molecule is c1c[nH]c(CCNc2ccn3nccc3n2)n1. The first kappa shape index (κ1) is 9.83. The van der Waals surface area contributed by atoms with Gasteiger partial charge in [-0.25, -0.2) is 14.5 Å². The monoisotopic (exact) mass is 228 g/mol. The molecule has 0 amide bonds. The third kappa shape index (κ3) is 2.10. The van der Waals surface area contributed by atoms with Crippen LogP contribution in [0.15, 0.2) is 36.9 Å². The van der Waals surface area contributed by atoms with E-state index in [9.17, 15) is 0 Å². The molecule has 0 radical (unpaired) electrons. The Kier molecular flexibility index (Phi) is 2.45.